The van der Waals surface area contributed by atoms with Gasteiger partial charge in [0.15, 0.2) is 5.58 Å². The molecule has 4 amide bonds. The number of anilines is 3. The van der Waals surface area contributed by atoms with Gasteiger partial charge in [-0.05, 0) is 30.3 Å². The number of amides is 4. The van der Waals surface area contributed by atoms with Crippen molar-refractivity contribution in [1.82, 2.24) is 15.4 Å². The number of fused-ring (bicyclic) bond motifs is 1. The highest BCUT2D eigenvalue weighted by atomic mass is 19.1. The van der Waals surface area contributed by atoms with Crippen LogP contribution >= 0.6 is 0 Å². The lowest BCUT2D eigenvalue weighted by atomic mass is 10.2. The number of hydrogen-bond acceptors (Lipinski definition) is 8. The number of rotatable bonds is 5. The molecule has 2 saturated heterocycles. The van der Waals surface area contributed by atoms with Crippen LogP contribution in [0.3, 0.4) is 0 Å². The number of oxazole rings is 1. The standard InChI is InChI=1S/C24H25FN6O6/c1-15(32)26-13-17-14-30(24(34)36-17)16-6-7-20(18(25)12-16)29-8-9-31(35-11-10-29)23(33)28-22-27-19-4-2-3-5-21(19)37-22/h2-7,12,17H,8-11,13-14H2,1H3,(H,26,32)(H,27,28,33)/t17-/m0/s1. The zero-order valence-electron chi connectivity index (χ0n) is 20.0. The molecule has 1 aromatic heterocycles. The van der Waals surface area contributed by atoms with Gasteiger partial charge in [0.25, 0.3) is 0 Å². The molecule has 2 aliphatic rings. The summed E-state index contributed by atoms with van der Waals surface area (Å²) in [5.41, 5.74) is 1.83. The fraction of sp³-hybridized carbons (Fsp3) is 0.333. The number of nitrogens with zero attached hydrogens (tertiary/aromatic N) is 4. The second-order valence-corrected chi connectivity index (χ2v) is 8.53. The third-order valence-electron chi connectivity index (χ3n) is 5.95. The molecule has 12 nitrogen and oxygen atoms in total. The number of halogens is 1. The first-order valence-corrected chi connectivity index (χ1v) is 11.7. The Balaban J connectivity index is 1.20. The van der Waals surface area contributed by atoms with Gasteiger partial charge in [0.1, 0.15) is 17.4 Å². The summed E-state index contributed by atoms with van der Waals surface area (Å²) in [6.07, 6.45) is -1.12. The van der Waals surface area contributed by atoms with E-state index in [2.05, 4.69) is 15.6 Å². The molecule has 37 heavy (non-hydrogen) atoms. The normalized spacial score (nSPS) is 18.1. The van der Waals surface area contributed by atoms with Crippen LogP contribution in [0.15, 0.2) is 46.9 Å². The zero-order valence-corrected chi connectivity index (χ0v) is 20.0. The number of nitrogens with one attached hydrogen (secondary N) is 2. The smallest absolute Gasteiger partial charge is 0.414 e. The number of urea groups is 1. The van der Waals surface area contributed by atoms with Gasteiger partial charge in [-0.15, -0.1) is 0 Å². The number of cyclic esters (lactones) is 1. The topological polar surface area (TPSA) is 129 Å². The van der Waals surface area contributed by atoms with E-state index in [-0.39, 0.29) is 38.2 Å². The minimum atomic E-state index is -0.605. The number of ether oxygens (including phenoxy) is 1. The predicted octanol–water partition coefficient (Wildman–Crippen LogP) is 2.71. The highest BCUT2D eigenvalue weighted by Gasteiger charge is 2.33. The van der Waals surface area contributed by atoms with E-state index in [1.807, 2.05) is 6.07 Å². The van der Waals surface area contributed by atoms with Crippen LogP contribution in [0.5, 0.6) is 0 Å². The van der Waals surface area contributed by atoms with Crippen LogP contribution in [0.25, 0.3) is 11.1 Å². The lowest BCUT2D eigenvalue weighted by Gasteiger charge is -2.23. The van der Waals surface area contributed by atoms with E-state index in [1.54, 1.807) is 35.2 Å². The Bertz CT molecular complexity index is 1300. The van der Waals surface area contributed by atoms with Crippen LogP contribution in [0.2, 0.25) is 0 Å². The van der Waals surface area contributed by atoms with Gasteiger partial charge in [-0.1, -0.05) is 12.1 Å². The molecule has 2 fully saturated rings. The van der Waals surface area contributed by atoms with Crippen LogP contribution in [0, 0.1) is 5.82 Å². The monoisotopic (exact) mass is 512 g/mol. The first-order chi connectivity index (χ1) is 17.9. The van der Waals surface area contributed by atoms with Gasteiger partial charge in [0, 0.05) is 20.0 Å². The molecule has 2 N–H and O–H groups in total. The van der Waals surface area contributed by atoms with Crippen LogP contribution in [-0.4, -0.2) is 73.5 Å². The molecule has 5 rings (SSSR count). The average Bonchev–Trinajstić information content (AvgIpc) is 3.36. The zero-order chi connectivity index (χ0) is 25.9. The number of para-hydroxylation sites is 2. The maximum Gasteiger partial charge on any atom is 0.414 e. The molecule has 0 radical (unpaired) electrons. The first-order valence-electron chi connectivity index (χ1n) is 11.7. The van der Waals surface area contributed by atoms with Crippen LogP contribution in [0.1, 0.15) is 6.92 Å². The summed E-state index contributed by atoms with van der Waals surface area (Å²) in [4.78, 5) is 48.9. The highest BCUT2D eigenvalue weighted by Crippen LogP contribution is 2.28. The Kier molecular flexibility index (Phi) is 6.77. The summed E-state index contributed by atoms with van der Waals surface area (Å²) in [6, 6.07) is 11.1. The molecule has 0 saturated carbocycles. The first kappa shape index (κ1) is 24.3. The van der Waals surface area contributed by atoms with Crippen molar-refractivity contribution in [3.63, 3.8) is 0 Å². The lowest BCUT2D eigenvalue weighted by Crippen LogP contribution is -2.37. The van der Waals surface area contributed by atoms with Gasteiger partial charge in [-0.25, -0.2) is 19.0 Å². The predicted molar refractivity (Wildman–Crippen MR) is 131 cm³/mol. The van der Waals surface area contributed by atoms with Crippen molar-refractivity contribution in [1.29, 1.82) is 0 Å². The lowest BCUT2D eigenvalue weighted by molar-refractivity contribution is -0.119. The van der Waals surface area contributed by atoms with Crippen LogP contribution < -0.4 is 20.4 Å². The van der Waals surface area contributed by atoms with Crippen molar-refractivity contribution in [2.24, 2.45) is 0 Å². The summed E-state index contributed by atoms with van der Waals surface area (Å²) < 4.78 is 25.9. The van der Waals surface area contributed by atoms with E-state index >= 15 is 4.39 Å². The minimum absolute atomic E-state index is 0.0530. The van der Waals surface area contributed by atoms with Crippen molar-refractivity contribution < 1.29 is 32.8 Å². The summed E-state index contributed by atoms with van der Waals surface area (Å²) in [7, 11) is 0. The molecule has 3 aromatic rings. The van der Waals surface area contributed by atoms with Crippen LogP contribution in [-0.2, 0) is 14.4 Å². The van der Waals surface area contributed by atoms with Gasteiger partial charge < -0.3 is 19.4 Å². The van der Waals surface area contributed by atoms with Gasteiger partial charge in [0.05, 0.1) is 37.6 Å². The van der Waals surface area contributed by atoms with Gasteiger partial charge >= 0.3 is 18.1 Å². The molecular formula is C24H25FN6O6. The van der Waals surface area contributed by atoms with Crippen LogP contribution in [0.4, 0.5) is 31.4 Å². The van der Waals surface area contributed by atoms with Gasteiger partial charge in [-0.2, -0.15) is 4.98 Å². The Morgan fingerprint density at radius 3 is 2.78 bits per heavy atom. The maximum absolute atomic E-state index is 15.1. The molecule has 0 aliphatic carbocycles. The second kappa shape index (κ2) is 10.3. The summed E-state index contributed by atoms with van der Waals surface area (Å²) in [6.45, 7) is 2.71. The summed E-state index contributed by atoms with van der Waals surface area (Å²) in [5.74, 6) is -0.756. The Labute approximate surface area is 210 Å². The molecule has 2 aromatic carbocycles. The second-order valence-electron chi connectivity index (χ2n) is 8.53. The third-order valence-corrected chi connectivity index (χ3v) is 5.95. The minimum Gasteiger partial charge on any atom is -0.442 e. The summed E-state index contributed by atoms with van der Waals surface area (Å²) >= 11 is 0. The molecule has 194 valence electrons. The van der Waals surface area contributed by atoms with E-state index in [0.717, 1.165) is 5.06 Å². The number of hydrogen-bond donors (Lipinski definition) is 2. The molecule has 0 spiro atoms. The fourth-order valence-corrected chi connectivity index (χ4v) is 4.15. The number of carbonyl (C=O) groups is 3. The molecular weight excluding hydrogens is 487 g/mol. The average molecular weight is 512 g/mol. The molecule has 2 aliphatic heterocycles. The Morgan fingerprint density at radius 2 is 2.00 bits per heavy atom. The largest absolute Gasteiger partial charge is 0.442 e. The highest BCUT2D eigenvalue weighted by molar-refractivity contribution is 5.90. The molecule has 3 heterocycles. The maximum atomic E-state index is 15.1. The number of aromatic nitrogens is 1. The number of carbonyl (C=O) groups excluding carboxylic acids is 3. The van der Waals surface area contributed by atoms with E-state index in [0.29, 0.717) is 35.6 Å². The van der Waals surface area contributed by atoms with E-state index in [9.17, 15) is 14.4 Å². The summed E-state index contributed by atoms with van der Waals surface area (Å²) in [5, 5.41) is 6.33. The van der Waals surface area contributed by atoms with Crippen molar-refractivity contribution >= 4 is 46.5 Å². The van der Waals surface area contributed by atoms with Crippen molar-refractivity contribution in [3.8, 4) is 0 Å². The molecule has 13 heteroatoms. The molecule has 0 unspecified atom stereocenters. The van der Waals surface area contributed by atoms with Crippen molar-refractivity contribution in [2.75, 3.05) is 54.4 Å². The molecule has 0 bridgehead atoms. The Hall–Kier alpha value is -4.39. The van der Waals surface area contributed by atoms with Crippen molar-refractivity contribution in [2.45, 2.75) is 13.0 Å². The quantitative estimate of drug-likeness (QED) is 0.534. The molecule has 1 atom stereocenters. The Morgan fingerprint density at radius 1 is 1.16 bits per heavy atom. The SMILES string of the molecule is CC(=O)NC[C@H]1CN(c2ccc(N3CCON(C(=O)Nc4nc5ccccc5o4)CC3)c(F)c2)C(=O)O1. The van der Waals surface area contributed by atoms with E-state index in [4.69, 9.17) is 14.0 Å². The van der Waals surface area contributed by atoms with E-state index in [1.165, 1.54) is 17.9 Å². The van der Waals surface area contributed by atoms with E-state index < -0.39 is 24.0 Å². The fourth-order valence-electron chi connectivity index (χ4n) is 4.15. The number of benzene rings is 2. The van der Waals surface area contributed by atoms with Crippen molar-refractivity contribution in [3.05, 3.63) is 48.3 Å². The number of hydroxylamine groups is 2. The van der Waals surface area contributed by atoms with Gasteiger partial charge in [0.2, 0.25) is 5.91 Å². The third kappa shape index (κ3) is 5.40. The van der Waals surface area contributed by atoms with Gasteiger partial charge in [-0.3, -0.25) is 19.8 Å².